The Bertz CT molecular complexity index is 81.4. The van der Waals surface area contributed by atoms with Crippen molar-refractivity contribution < 1.29 is 0 Å². The Kier molecular flexibility index (Phi) is 6.12. The molecule has 0 aliphatic rings. The van der Waals surface area contributed by atoms with Gasteiger partial charge in [0.1, 0.15) is 0 Å². The van der Waals surface area contributed by atoms with Crippen LogP contribution in [-0.4, -0.2) is 4.75 Å². The molecule has 0 amide bonds. The van der Waals surface area contributed by atoms with Crippen molar-refractivity contribution in [3.8, 4) is 0 Å². The van der Waals surface area contributed by atoms with Crippen LogP contribution in [0, 0.1) is 0 Å². The maximum absolute atomic E-state index is 5.26. The molecular formula is C10H21S. The van der Waals surface area contributed by atoms with E-state index in [1.165, 1.54) is 38.5 Å². The number of hydrogen-bond acceptors (Lipinski definition) is 0. The zero-order valence-electron chi connectivity index (χ0n) is 8.15. The quantitative estimate of drug-likeness (QED) is 0.525. The van der Waals surface area contributed by atoms with E-state index in [1.54, 1.807) is 0 Å². The molecular weight excluding hydrogens is 152 g/mol. The lowest BCUT2D eigenvalue weighted by Gasteiger charge is -2.14. The lowest BCUT2D eigenvalue weighted by Crippen LogP contribution is -2.09. The molecule has 0 heterocycles. The number of rotatable bonds is 6. The van der Waals surface area contributed by atoms with Crippen molar-refractivity contribution in [2.45, 2.75) is 64.0 Å². The molecule has 0 aliphatic carbocycles. The number of unbranched alkanes of at least 4 members (excludes halogenated alkanes) is 4. The average Bonchev–Trinajstić information content (AvgIpc) is 1.85. The summed E-state index contributed by atoms with van der Waals surface area (Å²) in [6.45, 7) is 6.53. The first kappa shape index (κ1) is 11.4. The fourth-order valence-corrected chi connectivity index (χ4v) is 1.30. The molecule has 0 unspecified atom stereocenters. The Morgan fingerprint density at radius 1 is 1.00 bits per heavy atom. The van der Waals surface area contributed by atoms with Gasteiger partial charge in [-0.25, -0.2) is 0 Å². The van der Waals surface area contributed by atoms with Crippen molar-refractivity contribution in [2.75, 3.05) is 0 Å². The lowest BCUT2D eigenvalue weighted by atomic mass is 10.0. The third-order valence-electron chi connectivity index (χ3n) is 1.88. The second-order valence-electron chi connectivity index (χ2n) is 3.92. The second kappa shape index (κ2) is 5.93. The minimum absolute atomic E-state index is 0.131. The van der Waals surface area contributed by atoms with Crippen molar-refractivity contribution in [1.29, 1.82) is 0 Å². The standard InChI is InChI=1S/C10H21S/c1-4-5-6-7-8-9-10(2,3)11/h4-9H2,1-3H3. The molecule has 0 bridgehead atoms. The predicted molar refractivity (Wildman–Crippen MR) is 55.0 cm³/mol. The maximum Gasteiger partial charge on any atom is 0.0207 e. The smallest absolute Gasteiger partial charge is 0.0207 e. The van der Waals surface area contributed by atoms with Crippen LogP contribution in [-0.2, 0) is 0 Å². The third kappa shape index (κ3) is 10.4. The van der Waals surface area contributed by atoms with Crippen LogP contribution in [0.1, 0.15) is 59.3 Å². The van der Waals surface area contributed by atoms with Crippen molar-refractivity contribution in [2.24, 2.45) is 0 Å². The molecule has 0 saturated heterocycles. The van der Waals surface area contributed by atoms with Crippen molar-refractivity contribution in [3.63, 3.8) is 0 Å². The Hall–Kier alpha value is 0.350. The summed E-state index contributed by atoms with van der Waals surface area (Å²) in [6, 6.07) is 0. The summed E-state index contributed by atoms with van der Waals surface area (Å²) in [7, 11) is 0. The zero-order chi connectivity index (χ0) is 8.74. The minimum atomic E-state index is 0.131. The van der Waals surface area contributed by atoms with Gasteiger partial charge < -0.3 is 0 Å². The van der Waals surface area contributed by atoms with E-state index in [-0.39, 0.29) is 4.75 Å². The summed E-state index contributed by atoms with van der Waals surface area (Å²) >= 11 is 5.26. The van der Waals surface area contributed by atoms with Crippen LogP contribution in [0.5, 0.6) is 0 Å². The average molecular weight is 173 g/mol. The van der Waals surface area contributed by atoms with Gasteiger partial charge in [0.25, 0.3) is 0 Å². The van der Waals surface area contributed by atoms with E-state index in [1.807, 2.05) is 0 Å². The van der Waals surface area contributed by atoms with Crippen LogP contribution in [0.25, 0.3) is 0 Å². The van der Waals surface area contributed by atoms with Crippen LogP contribution in [0.15, 0.2) is 0 Å². The SMILES string of the molecule is CCCCCCCC(C)(C)[S]. The summed E-state index contributed by atoms with van der Waals surface area (Å²) in [5, 5.41) is 0. The van der Waals surface area contributed by atoms with Gasteiger partial charge in [0.05, 0.1) is 0 Å². The summed E-state index contributed by atoms with van der Waals surface area (Å²) in [4.78, 5) is 0. The van der Waals surface area contributed by atoms with Gasteiger partial charge >= 0.3 is 0 Å². The Morgan fingerprint density at radius 2 is 1.55 bits per heavy atom. The van der Waals surface area contributed by atoms with Gasteiger partial charge in [-0.2, -0.15) is 0 Å². The molecule has 11 heavy (non-hydrogen) atoms. The highest BCUT2D eigenvalue weighted by atomic mass is 32.1. The largest absolute Gasteiger partial charge is 0.0873 e. The van der Waals surface area contributed by atoms with Crippen molar-refractivity contribution in [1.82, 2.24) is 0 Å². The molecule has 67 valence electrons. The summed E-state index contributed by atoms with van der Waals surface area (Å²) in [5.74, 6) is 0. The summed E-state index contributed by atoms with van der Waals surface area (Å²) in [6.07, 6.45) is 7.99. The van der Waals surface area contributed by atoms with Gasteiger partial charge in [-0.3, -0.25) is 0 Å². The highest BCUT2D eigenvalue weighted by Gasteiger charge is 2.10. The monoisotopic (exact) mass is 173 g/mol. The van der Waals surface area contributed by atoms with Crippen LogP contribution in [0.3, 0.4) is 0 Å². The highest BCUT2D eigenvalue weighted by molar-refractivity contribution is 7.81. The minimum Gasteiger partial charge on any atom is -0.0873 e. The molecule has 0 aromatic carbocycles. The molecule has 0 rings (SSSR count). The van der Waals surface area contributed by atoms with Gasteiger partial charge in [-0.05, 0) is 20.3 Å². The predicted octanol–water partition coefficient (Wildman–Crippen LogP) is 4.32. The molecule has 1 radical (unpaired) electrons. The van der Waals surface area contributed by atoms with Gasteiger partial charge in [-0.15, -0.1) is 0 Å². The van der Waals surface area contributed by atoms with Crippen LogP contribution >= 0.6 is 12.6 Å². The maximum atomic E-state index is 5.26. The van der Waals surface area contributed by atoms with Gasteiger partial charge in [0.2, 0.25) is 0 Å². The van der Waals surface area contributed by atoms with Gasteiger partial charge in [0, 0.05) is 4.75 Å². The van der Waals surface area contributed by atoms with Crippen molar-refractivity contribution in [3.05, 3.63) is 0 Å². The van der Waals surface area contributed by atoms with Crippen LogP contribution < -0.4 is 0 Å². The molecule has 0 aromatic rings. The molecule has 0 fully saturated rings. The van der Waals surface area contributed by atoms with Crippen LogP contribution in [0.2, 0.25) is 0 Å². The molecule has 0 aromatic heterocycles. The van der Waals surface area contributed by atoms with E-state index >= 15 is 0 Å². The first-order valence-corrected chi connectivity index (χ1v) is 5.17. The fourth-order valence-electron chi connectivity index (χ4n) is 1.15. The van der Waals surface area contributed by atoms with Crippen molar-refractivity contribution >= 4 is 12.6 Å². The van der Waals surface area contributed by atoms with E-state index in [0.29, 0.717) is 0 Å². The molecule has 1 heteroatoms. The fraction of sp³-hybridized carbons (Fsp3) is 1.00. The third-order valence-corrected chi connectivity index (χ3v) is 2.09. The van der Waals surface area contributed by atoms with E-state index in [2.05, 4.69) is 20.8 Å². The molecule has 0 spiro atoms. The highest BCUT2D eigenvalue weighted by Crippen LogP contribution is 2.20. The zero-order valence-corrected chi connectivity index (χ0v) is 8.97. The molecule has 0 nitrogen and oxygen atoms in total. The Balaban J connectivity index is 3.02. The van der Waals surface area contributed by atoms with Gasteiger partial charge in [0.15, 0.2) is 0 Å². The second-order valence-corrected chi connectivity index (χ2v) is 5.03. The topological polar surface area (TPSA) is 0 Å². The normalized spacial score (nSPS) is 12.0. The Labute approximate surface area is 77.2 Å². The lowest BCUT2D eigenvalue weighted by molar-refractivity contribution is 0.551. The van der Waals surface area contributed by atoms with E-state index in [0.717, 1.165) is 0 Å². The van der Waals surface area contributed by atoms with E-state index in [4.69, 9.17) is 12.6 Å². The summed E-state index contributed by atoms with van der Waals surface area (Å²) < 4.78 is 0.131. The Morgan fingerprint density at radius 3 is 2.00 bits per heavy atom. The molecule has 0 saturated carbocycles. The van der Waals surface area contributed by atoms with Crippen LogP contribution in [0.4, 0.5) is 0 Å². The van der Waals surface area contributed by atoms with E-state index in [9.17, 15) is 0 Å². The van der Waals surface area contributed by atoms with Gasteiger partial charge in [-0.1, -0.05) is 51.7 Å². The first-order valence-electron chi connectivity index (χ1n) is 4.76. The first-order chi connectivity index (χ1) is 5.06. The summed E-state index contributed by atoms with van der Waals surface area (Å²) in [5.41, 5.74) is 0. The van der Waals surface area contributed by atoms with E-state index < -0.39 is 0 Å². The molecule has 0 aliphatic heterocycles. The molecule has 0 atom stereocenters. The molecule has 0 N–H and O–H groups in total. The number of hydrogen-bond donors (Lipinski definition) is 0.